The van der Waals surface area contributed by atoms with Crippen LogP contribution in [0.4, 0.5) is 14.5 Å². The lowest BCUT2D eigenvalue weighted by Crippen LogP contribution is -2.41. The Labute approximate surface area is 138 Å². The number of nitrogens with one attached hydrogen (secondary N) is 2. The van der Waals surface area contributed by atoms with Crippen molar-refractivity contribution in [3.05, 3.63) is 59.4 Å². The van der Waals surface area contributed by atoms with E-state index in [-0.39, 0.29) is 17.1 Å². The van der Waals surface area contributed by atoms with Gasteiger partial charge in [0.15, 0.2) is 0 Å². The second-order valence-electron chi connectivity index (χ2n) is 6.19. The van der Waals surface area contributed by atoms with Crippen LogP contribution in [-0.2, 0) is 0 Å². The van der Waals surface area contributed by atoms with Crippen molar-refractivity contribution in [2.45, 2.75) is 26.3 Å². The first-order valence-electron chi connectivity index (χ1n) is 7.22. The molecule has 0 radical (unpaired) electrons. The molecule has 0 unspecified atom stereocenters. The molecule has 0 aliphatic heterocycles. The second-order valence-corrected chi connectivity index (χ2v) is 6.19. The summed E-state index contributed by atoms with van der Waals surface area (Å²) in [6, 6.07) is 7.16. The van der Waals surface area contributed by atoms with E-state index in [1.54, 1.807) is 0 Å². The van der Waals surface area contributed by atoms with Gasteiger partial charge < -0.3 is 10.6 Å². The highest BCUT2D eigenvalue weighted by Crippen LogP contribution is 2.16. The van der Waals surface area contributed by atoms with Crippen molar-refractivity contribution in [2.24, 2.45) is 0 Å². The van der Waals surface area contributed by atoms with Gasteiger partial charge in [-0.25, -0.2) is 13.8 Å². The molecule has 1 heterocycles. The average Bonchev–Trinajstić information content (AvgIpc) is 2.48. The van der Waals surface area contributed by atoms with E-state index in [1.165, 1.54) is 18.2 Å². The first-order chi connectivity index (χ1) is 11.2. The zero-order chi connectivity index (χ0) is 17.9. The van der Waals surface area contributed by atoms with E-state index in [0.29, 0.717) is 6.07 Å². The Morgan fingerprint density at radius 2 is 1.62 bits per heavy atom. The van der Waals surface area contributed by atoms with Gasteiger partial charge >= 0.3 is 0 Å². The minimum absolute atomic E-state index is 0.0553. The number of carbonyl (C=O) groups is 2. The maximum Gasteiger partial charge on any atom is 0.274 e. The number of anilines is 1. The molecule has 0 saturated heterocycles. The largest absolute Gasteiger partial charge is 0.346 e. The predicted molar refractivity (Wildman–Crippen MR) is 85.8 cm³/mol. The highest BCUT2D eigenvalue weighted by molar-refractivity contribution is 6.03. The number of benzene rings is 1. The fourth-order valence-electron chi connectivity index (χ4n) is 1.87. The second kappa shape index (κ2) is 6.74. The molecule has 0 bridgehead atoms. The van der Waals surface area contributed by atoms with E-state index in [0.717, 1.165) is 12.1 Å². The Kier molecular flexibility index (Phi) is 4.92. The van der Waals surface area contributed by atoms with E-state index in [9.17, 15) is 18.4 Å². The molecule has 0 spiro atoms. The molecule has 2 N–H and O–H groups in total. The molecule has 0 aliphatic carbocycles. The van der Waals surface area contributed by atoms with Crippen molar-refractivity contribution < 1.29 is 18.4 Å². The standard InChI is InChI=1S/C17H17F2N3O2/c1-17(2,3)22-16(24)14-6-4-5-13(20-14)15(23)21-12-8-7-10(18)9-11(12)19/h4-9H,1-3H3,(H,21,23)(H,22,24). The van der Waals surface area contributed by atoms with Gasteiger partial charge in [0.25, 0.3) is 11.8 Å². The molecule has 0 fully saturated rings. The summed E-state index contributed by atoms with van der Waals surface area (Å²) in [7, 11) is 0. The molecule has 0 aliphatic rings. The van der Waals surface area contributed by atoms with Crippen molar-refractivity contribution in [3.63, 3.8) is 0 Å². The first-order valence-corrected chi connectivity index (χ1v) is 7.22. The van der Waals surface area contributed by atoms with E-state index < -0.39 is 29.0 Å². The number of nitrogens with zero attached hydrogens (tertiary/aromatic N) is 1. The van der Waals surface area contributed by atoms with Gasteiger partial charge in [-0.2, -0.15) is 0 Å². The molecule has 1 aromatic carbocycles. The molecule has 0 saturated carbocycles. The molecule has 0 atom stereocenters. The molecule has 7 heteroatoms. The highest BCUT2D eigenvalue weighted by Gasteiger charge is 2.18. The molecular weight excluding hydrogens is 316 g/mol. The van der Waals surface area contributed by atoms with E-state index >= 15 is 0 Å². The lowest BCUT2D eigenvalue weighted by Gasteiger charge is -2.20. The van der Waals surface area contributed by atoms with Crippen LogP contribution in [0, 0.1) is 11.6 Å². The summed E-state index contributed by atoms with van der Waals surface area (Å²) >= 11 is 0. The molecule has 2 amide bonds. The predicted octanol–water partition coefficient (Wildman–Crippen LogP) is 3.14. The molecule has 2 aromatic rings. The number of rotatable bonds is 3. The summed E-state index contributed by atoms with van der Waals surface area (Å²) < 4.78 is 26.5. The summed E-state index contributed by atoms with van der Waals surface area (Å²) in [5.74, 6) is -2.77. The number of hydrogen-bond donors (Lipinski definition) is 2. The summed E-state index contributed by atoms with van der Waals surface area (Å²) in [5, 5.41) is 5.03. The van der Waals surface area contributed by atoms with Gasteiger partial charge in [-0.05, 0) is 45.0 Å². The molecule has 1 aromatic heterocycles. The van der Waals surface area contributed by atoms with Gasteiger partial charge in [-0.3, -0.25) is 9.59 Å². The van der Waals surface area contributed by atoms with Gasteiger partial charge in [0.05, 0.1) is 5.69 Å². The van der Waals surface area contributed by atoms with Crippen LogP contribution >= 0.6 is 0 Å². The molecule has 24 heavy (non-hydrogen) atoms. The van der Waals surface area contributed by atoms with Crippen LogP contribution in [0.3, 0.4) is 0 Å². The number of pyridine rings is 1. The Hall–Kier alpha value is -2.83. The average molecular weight is 333 g/mol. The zero-order valence-electron chi connectivity index (χ0n) is 13.5. The van der Waals surface area contributed by atoms with Gasteiger partial charge in [0.2, 0.25) is 0 Å². The first kappa shape index (κ1) is 17.5. The number of carbonyl (C=O) groups excluding carboxylic acids is 2. The van der Waals surface area contributed by atoms with Crippen LogP contribution in [0.2, 0.25) is 0 Å². The van der Waals surface area contributed by atoms with Crippen LogP contribution in [0.5, 0.6) is 0 Å². The van der Waals surface area contributed by atoms with Crippen molar-refractivity contribution in [1.82, 2.24) is 10.3 Å². The lowest BCUT2D eigenvalue weighted by molar-refractivity contribution is 0.0914. The van der Waals surface area contributed by atoms with Crippen LogP contribution in [-0.4, -0.2) is 22.3 Å². The fourth-order valence-corrected chi connectivity index (χ4v) is 1.87. The summed E-state index contributed by atoms with van der Waals surface area (Å²) in [6.45, 7) is 5.45. The van der Waals surface area contributed by atoms with Gasteiger partial charge in [0, 0.05) is 11.6 Å². The van der Waals surface area contributed by atoms with Crippen molar-refractivity contribution in [3.8, 4) is 0 Å². The summed E-state index contributed by atoms with van der Waals surface area (Å²) in [4.78, 5) is 28.2. The third-order valence-corrected chi connectivity index (χ3v) is 2.88. The lowest BCUT2D eigenvalue weighted by atomic mass is 10.1. The van der Waals surface area contributed by atoms with Crippen LogP contribution in [0.25, 0.3) is 0 Å². The van der Waals surface area contributed by atoms with Crippen molar-refractivity contribution in [2.75, 3.05) is 5.32 Å². The topological polar surface area (TPSA) is 71.1 Å². The number of aromatic nitrogens is 1. The Morgan fingerprint density at radius 1 is 1.00 bits per heavy atom. The summed E-state index contributed by atoms with van der Waals surface area (Å²) in [6.07, 6.45) is 0. The van der Waals surface area contributed by atoms with E-state index in [4.69, 9.17) is 0 Å². The minimum Gasteiger partial charge on any atom is -0.346 e. The van der Waals surface area contributed by atoms with Gasteiger partial charge in [0.1, 0.15) is 23.0 Å². The van der Waals surface area contributed by atoms with E-state index in [2.05, 4.69) is 15.6 Å². The smallest absolute Gasteiger partial charge is 0.274 e. The molecular formula is C17H17F2N3O2. The maximum atomic E-state index is 13.6. The normalized spacial score (nSPS) is 11.0. The number of amides is 2. The monoisotopic (exact) mass is 333 g/mol. The fraction of sp³-hybridized carbons (Fsp3) is 0.235. The van der Waals surface area contributed by atoms with Gasteiger partial charge in [-0.15, -0.1) is 0 Å². The Morgan fingerprint density at radius 3 is 2.21 bits per heavy atom. The van der Waals surface area contributed by atoms with Crippen molar-refractivity contribution in [1.29, 1.82) is 0 Å². The van der Waals surface area contributed by atoms with Crippen LogP contribution in [0.15, 0.2) is 36.4 Å². The highest BCUT2D eigenvalue weighted by atomic mass is 19.1. The third-order valence-electron chi connectivity index (χ3n) is 2.88. The van der Waals surface area contributed by atoms with Crippen LogP contribution < -0.4 is 10.6 Å². The Balaban J connectivity index is 2.18. The molecule has 2 rings (SSSR count). The van der Waals surface area contributed by atoms with Crippen molar-refractivity contribution >= 4 is 17.5 Å². The maximum absolute atomic E-state index is 13.6. The molecule has 126 valence electrons. The van der Waals surface area contributed by atoms with Gasteiger partial charge in [-0.1, -0.05) is 6.07 Å². The quantitative estimate of drug-likeness (QED) is 0.906. The number of halogens is 2. The third kappa shape index (κ3) is 4.58. The van der Waals surface area contributed by atoms with Crippen LogP contribution in [0.1, 0.15) is 41.7 Å². The SMILES string of the molecule is CC(C)(C)NC(=O)c1cccc(C(=O)Nc2ccc(F)cc2F)n1. The summed E-state index contributed by atoms with van der Waals surface area (Å²) in [5.41, 5.74) is -0.612. The minimum atomic E-state index is -0.898. The molecule has 5 nitrogen and oxygen atoms in total. The number of hydrogen-bond acceptors (Lipinski definition) is 3. The zero-order valence-corrected chi connectivity index (χ0v) is 13.5. The Bertz CT molecular complexity index is 786. The van der Waals surface area contributed by atoms with E-state index in [1.807, 2.05) is 20.8 Å².